The Morgan fingerprint density at radius 2 is 2.16 bits per heavy atom. The van der Waals surface area contributed by atoms with E-state index in [2.05, 4.69) is 17.2 Å². The van der Waals surface area contributed by atoms with Crippen LogP contribution in [-0.4, -0.2) is 18.6 Å². The predicted octanol–water partition coefficient (Wildman–Crippen LogP) is 3.71. The number of hydrogen-bond acceptors (Lipinski definition) is 3. The molecule has 0 bridgehead atoms. The van der Waals surface area contributed by atoms with Gasteiger partial charge in [0.15, 0.2) is 0 Å². The fraction of sp³-hybridized carbons (Fsp3) is 0.688. The smallest absolute Gasteiger partial charge is 0.141 e. The summed E-state index contributed by atoms with van der Waals surface area (Å²) < 4.78 is 5.46. The van der Waals surface area contributed by atoms with E-state index in [9.17, 15) is 0 Å². The first-order valence-electron chi connectivity index (χ1n) is 7.57. The predicted molar refractivity (Wildman–Crippen MR) is 78.4 cm³/mol. The van der Waals surface area contributed by atoms with Crippen molar-refractivity contribution in [2.45, 2.75) is 51.5 Å². The molecule has 3 nitrogen and oxygen atoms in total. The topological polar surface area (TPSA) is 34.2 Å². The molecular formula is C16H26N2O. The van der Waals surface area contributed by atoms with E-state index < -0.39 is 0 Å². The van der Waals surface area contributed by atoms with Crippen molar-refractivity contribution < 1.29 is 4.74 Å². The number of pyridine rings is 1. The van der Waals surface area contributed by atoms with Crippen molar-refractivity contribution in [2.75, 3.05) is 13.7 Å². The van der Waals surface area contributed by atoms with Gasteiger partial charge in [-0.1, -0.05) is 39.0 Å². The van der Waals surface area contributed by atoms with Gasteiger partial charge in [0.1, 0.15) is 5.75 Å². The summed E-state index contributed by atoms with van der Waals surface area (Å²) in [5.41, 5.74) is 1.07. The standard InChI is InChI=1S/C16H26N2O/c1-3-17-14(12-13-8-5-4-6-9-13)16-15(19-2)10-7-11-18-16/h7,10-11,13-14,17H,3-6,8-9,12H2,1-2H3. The molecule has 1 aromatic rings. The first kappa shape index (κ1) is 14.3. The molecule has 1 aromatic heterocycles. The third kappa shape index (κ3) is 3.93. The van der Waals surface area contributed by atoms with Crippen LogP contribution >= 0.6 is 0 Å². The summed E-state index contributed by atoms with van der Waals surface area (Å²) in [6, 6.07) is 4.27. The van der Waals surface area contributed by atoms with Gasteiger partial charge in [0.2, 0.25) is 0 Å². The molecule has 106 valence electrons. The maximum atomic E-state index is 5.46. The number of ether oxygens (including phenoxy) is 1. The Bertz CT molecular complexity index is 375. The van der Waals surface area contributed by atoms with Crippen molar-refractivity contribution in [3.8, 4) is 5.75 Å². The minimum absolute atomic E-state index is 0.323. The molecule has 0 spiro atoms. The maximum absolute atomic E-state index is 5.46. The lowest BCUT2D eigenvalue weighted by Crippen LogP contribution is -2.25. The zero-order chi connectivity index (χ0) is 13.5. The maximum Gasteiger partial charge on any atom is 0.141 e. The zero-order valence-electron chi connectivity index (χ0n) is 12.2. The molecule has 0 aromatic carbocycles. The Kier molecular flexibility index (Phi) is 5.64. The molecule has 0 radical (unpaired) electrons. The van der Waals surface area contributed by atoms with Crippen LogP contribution in [0.1, 0.15) is 57.2 Å². The molecule has 0 saturated heterocycles. The Labute approximate surface area is 116 Å². The molecular weight excluding hydrogens is 236 g/mol. The summed E-state index contributed by atoms with van der Waals surface area (Å²) in [6.45, 7) is 3.13. The molecule has 1 saturated carbocycles. The molecule has 1 aliphatic rings. The van der Waals surface area contributed by atoms with Gasteiger partial charge in [-0.05, 0) is 31.0 Å². The third-order valence-corrected chi connectivity index (χ3v) is 4.09. The quantitative estimate of drug-likeness (QED) is 0.848. The summed E-state index contributed by atoms with van der Waals surface area (Å²) >= 11 is 0. The van der Waals surface area contributed by atoms with Crippen LogP contribution in [0.15, 0.2) is 18.3 Å². The number of nitrogens with zero attached hydrogens (tertiary/aromatic N) is 1. The Hall–Kier alpha value is -1.09. The number of aromatic nitrogens is 1. The van der Waals surface area contributed by atoms with Gasteiger partial charge in [0.05, 0.1) is 18.8 Å². The van der Waals surface area contributed by atoms with Crippen molar-refractivity contribution in [1.29, 1.82) is 0 Å². The van der Waals surface area contributed by atoms with Gasteiger partial charge in [0.25, 0.3) is 0 Å². The lowest BCUT2D eigenvalue weighted by Gasteiger charge is -2.27. The van der Waals surface area contributed by atoms with Crippen LogP contribution in [0.3, 0.4) is 0 Å². The van der Waals surface area contributed by atoms with Crippen LogP contribution in [0.4, 0.5) is 0 Å². The van der Waals surface area contributed by atoms with Gasteiger partial charge in [-0.3, -0.25) is 4.98 Å². The highest BCUT2D eigenvalue weighted by molar-refractivity contribution is 5.29. The lowest BCUT2D eigenvalue weighted by atomic mass is 9.84. The van der Waals surface area contributed by atoms with Crippen LogP contribution in [0.25, 0.3) is 0 Å². The average Bonchev–Trinajstić information content (AvgIpc) is 2.48. The highest BCUT2D eigenvalue weighted by atomic mass is 16.5. The Morgan fingerprint density at radius 1 is 1.37 bits per heavy atom. The van der Waals surface area contributed by atoms with E-state index in [4.69, 9.17) is 4.74 Å². The minimum Gasteiger partial charge on any atom is -0.495 e. The fourth-order valence-electron chi connectivity index (χ4n) is 3.13. The van der Waals surface area contributed by atoms with Gasteiger partial charge in [-0.25, -0.2) is 0 Å². The van der Waals surface area contributed by atoms with Crippen molar-refractivity contribution in [3.63, 3.8) is 0 Å². The van der Waals surface area contributed by atoms with Crippen molar-refractivity contribution in [1.82, 2.24) is 10.3 Å². The van der Waals surface area contributed by atoms with Crippen LogP contribution in [0.5, 0.6) is 5.75 Å². The van der Waals surface area contributed by atoms with Crippen molar-refractivity contribution in [2.24, 2.45) is 5.92 Å². The van der Waals surface area contributed by atoms with E-state index in [1.54, 1.807) is 7.11 Å². The molecule has 1 aliphatic carbocycles. The van der Waals surface area contributed by atoms with E-state index in [1.165, 1.54) is 38.5 Å². The molecule has 0 amide bonds. The molecule has 3 heteroatoms. The number of methoxy groups -OCH3 is 1. The van der Waals surface area contributed by atoms with Crippen LogP contribution in [0, 0.1) is 5.92 Å². The second kappa shape index (κ2) is 7.49. The second-order valence-electron chi connectivity index (χ2n) is 5.44. The molecule has 2 rings (SSSR count). The summed E-state index contributed by atoms with van der Waals surface area (Å²) in [7, 11) is 1.73. The van der Waals surface area contributed by atoms with Crippen LogP contribution in [-0.2, 0) is 0 Å². The van der Waals surface area contributed by atoms with Gasteiger partial charge in [0, 0.05) is 6.20 Å². The number of hydrogen-bond donors (Lipinski definition) is 1. The van der Waals surface area contributed by atoms with E-state index in [0.717, 1.165) is 23.9 Å². The molecule has 1 fully saturated rings. The largest absolute Gasteiger partial charge is 0.495 e. The lowest BCUT2D eigenvalue weighted by molar-refractivity contribution is 0.294. The molecule has 0 aliphatic heterocycles. The summed E-state index contributed by atoms with van der Waals surface area (Å²) in [4.78, 5) is 4.55. The highest BCUT2D eigenvalue weighted by Gasteiger charge is 2.22. The van der Waals surface area contributed by atoms with E-state index >= 15 is 0 Å². The van der Waals surface area contributed by atoms with E-state index in [1.807, 2.05) is 18.3 Å². The Morgan fingerprint density at radius 3 is 2.84 bits per heavy atom. The van der Waals surface area contributed by atoms with Gasteiger partial charge in [-0.15, -0.1) is 0 Å². The van der Waals surface area contributed by atoms with Crippen LogP contribution < -0.4 is 10.1 Å². The van der Waals surface area contributed by atoms with E-state index in [-0.39, 0.29) is 0 Å². The summed E-state index contributed by atoms with van der Waals surface area (Å²) in [6.07, 6.45) is 9.99. The molecule has 19 heavy (non-hydrogen) atoms. The van der Waals surface area contributed by atoms with E-state index in [0.29, 0.717) is 6.04 Å². The highest BCUT2D eigenvalue weighted by Crippen LogP contribution is 2.33. The second-order valence-corrected chi connectivity index (χ2v) is 5.44. The SMILES string of the molecule is CCNC(CC1CCCCC1)c1ncccc1OC. The number of nitrogens with one attached hydrogen (secondary N) is 1. The monoisotopic (exact) mass is 262 g/mol. The molecule has 1 unspecified atom stereocenters. The molecule has 1 N–H and O–H groups in total. The van der Waals surface area contributed by atoms with Crippen molar-refractivity contribution in [3.05, 3.63) is 24.0 Å². The van der Waals surface area contributed by atoms with Gasteiger partial charge in [-0.2, -0.15) is 0 Å². The summed E-state index contributed by atoms with van der Waals surface area (Å²) in [5, 5.41) is 3.58. The van der Waals surface area contributed by atoms with Gasteiger partial charge < -0.3 is 10.1 Å². The first-order valence-corrected chi connectivity index (χ1v) is 7.57. The molecule has 1 atom stereocenters. The normalized spacial score (nSPS) is 18.2. The molecule has 1 heterocycles. The number of rotatable bonds is 6. The third-order valence-electron chi connectivity index (χ3n) is 4.09. The van der Waals surface area contributed by atoms with Gasteiger partial charge >= 0.3 is 0 Å². The van der Waals surface area contributed by atoms with Crippen LogP contribution in [0.2, 0.25) is 0 Å². The average molecular weight is 262 g/mol. The zero-order valence-corrected chi connectivity index (χ0v) is 12.2. The Balaban J connectivity index is 2.09. The minimum atomic E-state index is 0.323. The fourth-order valence-corrected chi connectivity index (χ4v) is 3.13. The first-order chi connectivity index (χ1) is 9.35. The van der Waals surface area contributed by atoms with Crippen molar-refractivity contribution >= 4 is 0 Å². The summed E-state index contributed by atoms with van der Waals surface area (Å²) in [5.74, 6) is 1.74.